The highest BCUT2D eigenvalue weighted by Gasteiger charge is 2.38. The Balaban J connectivity index is 1.30. The lowest BCUT2D eigenvalue weighted by molar-refractivity contribution is -0.0586. The molecule has 2 aromatic carbocycles. The molecule has 6 nitrogen and oxygen atoms in total. The largest absolute Gasteiger partial charge is 0.372 e. The first-order valence-corrected chi connectivity index (χ1v) is 12.0. The van der Waals surface area contributed by atoms with E-state index in [0.29, 0.717) is 19.6 Å². The monoisotopic (exact) mass is 448 g/mol. The Labute approximate surface area is 197 Å². The predicted molar refractivity (Wildman–Crippen MR) is 133 cm³/mol. The first-order valence-electron chi connectivity index (χ1n) is 12.0. The maximum Gasteiger partial charge on any atom is 0.254 e. The molecule has 2 N–H and O–H groups in total. The Morgan fingerprint density at radius 3 is 2.27 bits per heavy atom. The summed E-state index contributed by atoms with van der Waals surface area (Å²) in [7, 11) is 1.80. The van der Waals surface area contributed by atoms with Crippen molar-refractivity contribution in [3.05, 3.63) is 71.3 Å². The maximum absolute atomic E-state index is 12.9. The number of hydrogen-bond acceptors (Lipinski definition) is 3. The minimum atomic E-state index is 0.0701. The second-order valence-electron chi connectivity index (χ2n) is 9.44. The van der Waals surface area contributed by atoms with Crippen molar-refractivity contribution >= 4 is 11.9 Å². The van der Waals surface area contributed by atoms with Crippen LogP contribution in [0.4, 0.5) is 0 Å². The van der Waals surface area contributed by atoms with Gasteiger partial charge in [0.25, 0.3) is 5.91 Å². The van der Waals surface area contributed by atoms with Crippen LogP contribution in [0, 0.1) is 0 Å². The van der Waals surface area contributed by atoms with Crippen LogP contribution in [0.5, 0.6) is 0 Å². The average Bonchev–Trinajstić information content (AvgIpc) is 2.80. The first kappa shape index (κ1) is 23.3. The van der Waals surface area contributed by atoms with Crippen LogP contribution in [0.3, 0.4) is 0 Å². The number of benzene rings is 2. The number of nitrogens with one attached hydrogen (secondary N) is 2. The lowest BCUT2D eigenvalue weighted by Crippen LogP contribution is -2.48. The van der Waals surface area contributed by atoms with E-state index in [1.807, 2.05) is 43.0 Å². The van der Waals surface area contributed by atoms with Gasteiger partial charge in [-0.3, -0.25) is 9.79 Å². The number of guanidine groups is 1. The Morgan fingerprint density at radius 1 is 1.03 bits per heavy atom. The van der Waals surface area contributed by atoms with Crippen LogP contribution in [0.25, 0.3) is 0 Å². The van der Waals surface area contributed by atoms with Crippen LogP contribution >= 0.6 is 0 Å². The number of morpholine rings is 1. The molecular weight excluding hydrogens is 412 g/mol. The van der Waals surface area contributed by atoms with Crippen molar-refractivity contribution in [1.29, 1.82) is 0 Å². The number of amides is 1. The van der Waals surface area contributed by atoms with E-state index in [1.54, 1.807) is 7.05 Å². The van der Waals surface area contributed by atoms with E-state index in [4.69, 9.17) is 4.74 Å². The molecule has 1 saturated carbocycles. The summed E-state index contributed by atoms with van der Waals surface area (Å²) in [6.45, 7) is 6.83. The molecule has 2 fully saturated rings. The van der Waals surface area contributed by atoms with Gasteiger partial charge in [-0.15, -0.1) is 0 Å². The van der Waals surface area contributed by atoms with Crippen LogP contribution in [0.2, 0.25) is 0 Å². The molecule has 0 aromatic heterocycles. The van der Waals surface area contributed by atoms with Gasteiger partial charge in [-0.05, 0) is 49.9 Å². The number of nitrogens with zero attached hydrogens (tertiary/aromatic N) is 2. The van der Waals surface area contributed by atoms with Crippen molar-refractivity contribution < 1.29 is 9.53 Å². The summed E-state index contributed by atoms with van der Waals surface area (Å²) in [4.78, 5) is 19.2. The molecule has 2 aromatic rings. The van der Waals surface area contributed by atoms with E-state index in [9.17, 15) is 4.79 Å². The summed E-state index contributed by atoms with van der Waals surface area (Å²) in [5.41, 5.74) is 3.44. The third-order valence-corrected chi connectivity index (χ3v) is 6.88. The van der Waals surface area contributed by atoms with Crippen molar-refractivity contribution in [2.24, 2.45) is 4.99 Å². The molecule has 1 aliphatic heterocycles. The van der Waals surface area contributed by atoms with Crippen LogP contribution in [0.15, 0.2) is 59.6 Å². The Morgan fingerprint density at radius 2 is 1.70 bits per heavy atom. The molecular formula is C27H36N4O2. The Kier molecular flexibility index (Phi) is 7.33. The van der Waals surface area contributed by atoms with Gasteiger partial charge in [0.1, 0.15) is 0 Å². The fourth-order valence-corrected chi connectivity index (χ4v) is 4.91. The number of aliphatic imine (C=N–C) groups is 1. The van der Waals surface area contributed by atoms with Gasteiger partial charge in [0.05, 0.1) is 12.2 Å². The summed E-state index contributed by atoms with van der Waals surface area (Å²) in [6.07, 6.45) is 3.83. The van der Waals surface area contributed by atoms with Crippen molar-refractivity contribution in [3.63, 3.8) is 0 Å². The zero-order valence-corrected chi connectivity index (χ0v) is 20.0. The third kappa shape index (κ3) is 5.56. The SMILES string of the molecule is CN=C(NCc1ccc(C(=O)N2CC(C)OC(C)C2)cc1)NCC1(c2ccccc2)CCC1. The first-order chi connectivity index (χ1) is 16.0. The van der Waals surface area contributed by atoms with E-state index in [1.165, 1.54) is 24.8 Å². The summed E-state index contributed by atoms with van der Waals surface area (Å²) < 4.78 is 5.74. The van der Waals surface area contributed by atoms with E-state index >= 15 is 0 Å². The summed E-state index contributed by atoms with van der Waals surface area (Å²) in [6, 6.07) is 18.6. The summed E-state index contributed by atoms with van der Waals surface area (Å²) >= 11 is 0. The fraction of sp³-hybridized carbons (Fsp3) is 0.481. The molecule has 1 saturated heterocycles. The molecule has 33 heavy (non-hydrogen) atoms. The lowest BCUT2D eigenvalue weighted by atomic mass is 9.64. The topological polar surface area (TPSA) is 66.0 Å². The lowest BCUT2D eigenvalue weighted by Gasteiger charge is -2.43. The van der Waals surface area contributed by atoms with Crippen LogP contribution in [-0.2, 0) is 16.7 Å². The van der Waals surface area contributed by atoms with Gasteiger partial charge in [0, 0.05) is 44.2 Å². The van der Waals surface area contributed by atoms with Gasteiger partial charge in [-0.1, -0.05) is 48.9 Å². The smallest absolute Gasteiger partial charge is 0.254 e. The molecule has 1 amide bonds. The molecule has 0 bridgehead atoms. The van der Waals surface area contributed by atoms with Crippen LogP contribution in [-0.4, -0.2) is 55.7 Å². The molecule has 0 spiro atoms. The number of carbonyl (C=O) groups excluding carboxylic acids is 1. The van der Waals surface area contributed by atoms with Gasteiger partial charge in [-0.2, -0.15) is 0 Å². The average molecular weight is 449 g/mol. The fourth-order valence-electron chi connectivity index (χ4n) is 4.91. The number of hydrogen-bond donors (Lipinski definition) is 2. The van der Waals surface area contributed by atoms with Crippen LogP contribution < -0.4 is 10.6 Å². The summed E-state index contributed by atoms with van der Waals surface area (Å²) in [5.74, 6) is 0.870. The molecule has 2 unspecified atom stereocenters. The molecule has 2 atom stereocenters. The summed E-state index contributed by atoms with van der Waals surface area (Å²) in [5, 5.41) is 6.94. The predicted octanol–water partition coefficient (Wildman–Crippen LogP) is 3.72. The van der Waals surface area contributed by atoms with Crippen LogP contribution in [0.1, 0.15) is 54.6 Å². The van der Waals surface area contributed by atoms with Gasteiger partial charge in [0.2, 0.25) is 0 Å². The zero-order valence-electron chi connectivity index (χ0n) is 20.0. The van der Waals surface area contributed by atoms with Crippen molar-refractivity contribution in [1.82, 2.24) is 15.5 Å². The normalized spacial score (nSPS) is 22.4. The molecule has 1 heterocycles. The minimum absolute atomic E-state index is 0.0701. The number of carbonyl (C=O) groups is 1. The minimum Gasteiger partial charge on any atom is -0.372 e. The van der Waals surface area contributed by atoms with Gasteiger partial charge >= 0.3 is 0 Å². The highest BCUT2D eigenvalue weighted by atomic mass is 16.5. The quantitative estimate of drug-likeness (QED) is 0.522. The molecule has 176 valence electrons. The Bertz CT molecular complexity index is 944. The molecule has 2 aliphatic rings. The van der Waals surface area contributed by atoms with E-state index in [2.05, 4.69) is 46.0 Å². The van der Waals surface area contributed by atoms with Gasteiger partial charge in [0.15, 0.2) is 5.96 Å². The number of ether oxygens (including phenoxy) is 1. The molecule has 0 radical (unpaired) electrons. The molecule has 6 heteroatoms. The second kappa shape index (κ2) is 10.4. The molecule has 1 aliphatic carbocycles. The van der Waals surface area contributed by atoms with E-state index in [0.717, 1.165) is 23.6 Å². The van der Waals surface area contributed by atoms with Crippen molar-refractivity contribution in [2.45, 2.75) is 57.3 Å². The highest BCUT2D eigenvalue weighted by Crippen LogP contribution is 2.43. The standard InChI is InChI=1S/C27H36N4O2/c1-20-17-31(18-21(2)33-20)25(32)23-12-10-22(11-13-23)16-29-26(28-3)30-19-27(14-7-15-27)24-8-5-4-6-9-24/h4-6,8-13,20-21H,7,14-19H2,1-3H3,(H2,28,29,30). The second-order valence-corrected chi connectivity index (χ2v) is 9.44. The van der Waals surface area contributed by atoms with E-state index in [-0.39, 0.29) is 23.5 Å². The van der Waals surface area contributed by atoms with Crippen molar-refractivity contribution in [3.8, 4) is 0 Å². The van der Waals surface area contributed by atoms with E-state index < -0.39 is 0 Å². The third-order valence-electron chi connectivity index (χ3n) is 6.88. The van der Waals surface area contributed by atoms with Gasteiger partial charge < -0.3 is 20.3 Å². The Hall–Kier alpha value is -2.86. The maximum atomic E-state index is 12.9. The van der Waals surface area contributed by atoms with Crippen molar-refractivity contribution in [2.75, 3.05) is 26.7 Å². The van der Waals surface area contributed by atoms with Gasteiger partial charge in [-0.25, -0.2) is 0 Å². The zero-order chi connectivity index (χ0) is 23.3. The highest BCUT2D eigenvalue weighted by molar-refractivity contribution is 5.94. The number of rotatable bonds is 6. The molecule has 4 rings (SSSR count).